The SMILES string of the molecule is C=C(NNC(=O)Cc1nc2ccccc2n1C)c1ccc(C)c([N+](=O)[O-])c1. The molecule has 0 saturated heterocycles. The van der Waals surface area contributed by atoms with Crippen LogP contribution in [-0.2, 0) is 18.3 Å². The van der Waals surface area contributed by atoms with E-state index >= 15 is 0 Å². The van der Waals surface area contributed by atoms with Gasteiger partial charge in [0, 0.05) is 24.2 Å². The fourth-order valence-corrected chi connectivity index (χ4v) is 2.75. The zero-order chi connectivity index (χ0) is 19.6. The number of carbonyl (C=O) groups is 1. The molecule has 0 atom stereocenters. The van der Waals surface area contributed by atoms with Gasteiger partial charge in [0.05, 0.1) is 28.1 Å². The van der Waals surface area contributed by atoms with Crippen LogP contribution in [0.3, 0.4) is 0 Å². The van der Waals surface area contributed by atoms with Crippen LogP contribution in [-0.4, -0.2) is 20.4 Å². The van der Waals surface area contributed by atoms with E-state index in [2.05, 4.69) is 22.4 Å². The molecule has 0 saturated carbocycles. The number of nitrogens with one attached hydrogen (secondary N) is 2. The molecule has 0 spiro atoms. The lowest BCUT2D eigenvalue weighted by atomic mass is 10.1. The second-order valence-electron chi connectivity index (χ2n) is 6.16. The molecular formula is C19H19N5O3. The second kappa shape index (κ2) is 7.28. The highest BCUT2D eigenvalue weighted by atomic mass is 16.6. The van der Waals surface area contributed by atoms with Crippen molar-refractivity contribution in [1.82, 2.24) is 20.4 Å². The molecule has 0 aliphatic heterocycles. The molecule has 138 valence electrons. The average Bonchev–Trinajstić information content (AvgIpc) is 2.96. The quantitative estimate of drug-likeness (QED) is 0.516. The van der Waals surface area contributed by atoms with Gasteiger partial charge in [-0.3, -0.25) is 25.8 Å². The standard InChI is InChI=1S/C19H19N5O3/c1-12-8-9-14(10-17(12)24(26)27)13(2)21-22-19(25)11-18-20-15-6-4-5-7-16(15)23(18)3/h4-10,21H,2,11H2,1,3H3,(H,22,25). The van der Waals surface area contributed by atoms with Gasteiger partial charge in [0.25, 0.3) is 5.69 Å². The van der Waals surface area contributed by atoms with Crippen LogP contribution in [0.25, 0.3) is 16.7 Å². The van der Waals surface area contributed by atoms with E-state index in [0.717, 1.165) is 11.0 Å². The van der Waals surface area contributed by atoms with Crippen LogP contribution in [0.2, 0.25) is 0 Å². The maximum atomic E-state index is 12.2. The number of carbonyl (C=O) groups excluding carboxylic acids is 1. The number of hydrogen-bond acceptors (Lipinski definition) is 5. The van der Waals surface area contributed by atoms with Crippen molar-refractivity contribution in [1.29, 1.82) is 0 Å². The van der Waals surface area contributed by atoms with E-state index in [4.69, 9.17) is 0 Å². The zero-order valence-corrected chi connectivity index (χ0v) is 15.0. The number of amides is 1. The molecule has 1 aromatic heterocycles. The zero-order valence-electron chi connectivity index (χ0n) is 15.0. The maximum absolute atomic E-state index is 12.2. The minimum absolute atomic E-state index is 0.00137. The third-order valence-electron chi connectivity index (χ3n) is 4.31. The van der Waals surface area contributed by atoms with Crippen LogP contribution >= 0.6 is 0 Å². The predicted octanol–water partition coefficient (Wildman–Crippen LogP) is 2.62. The van der Waals surface area contributed by atoms with Crippen LogP contribution in [0.15, 0.2) is 49.0 Å². The number of para-hydroxylation sites is 2. The Kier molecular flexibility index (Phi) is 4.89. The average molecular weight is 365 g/mol. The van der Waals surface area contributed by atoms with E-state index in [9.17, 15) is 14.9 Å². The molecule has 8 heteroatoms. The van der Waals surface area contributed by atoms with Crippen LogP contribution in [0.5, 0.6) is 0 Å². The van der Waals surface area contributed by atoms with Gasteiger partial charge in [0.1, 0.15) is 5.82 Å². The molecule has 8 nitrogen and oxygen atoms in total. The molecule has 0 fully saturated rings. The van der Waals surface area contributed by atoms with Crippen molar-refractivity contribution >= 4 is 28.3 Å². The van der Waals surface area contributed by atoms with E-state index in [1.165, 1.54) is 6.07 Å². The van der Waals surface area contributed by atoms with Crippen molar-refractivity contribution in [3.63, 3.8) is 0 Å². The highest BCUT2D eigenvalue weighted by Gasteiger charge is 2.14. The first-order valence-electron chi connectivity index (χ1n) is 8.26. The Morgan fingerprint density at radius 1 is 1.26 bits per heavy atom. The Balaban J connectivity index is 1.65. The summed E-state index contributed by atoms with van der Waals surface area (Å²) in [6.07, 6.45) is 0.0828. The van der Waals surface area contributed by atoms with E-state index in [-0.39, 0.29) is 18.0 Å². The van der Waals surface area contributed by atoms with Gasteiger partial charge in [-0.1, -0.05) is 30.8 Å². The molecule has 3 aromatic rings. The fourth-order valence-electron chi connectivity index (χ4n) is 2.75. The number of aryl methyl sites for hydroxylation is 2. The van der Waals surface area contributed by atoms with Crippen molar-refractivity contribution in [3.05, 3.63) is 76.1 Å². The van der Waals surface area contributed by atoms with E-state index in [0.29, 0.717) is 22.6 Å². The number of hydrogen-bond donors (Lipinski definition) is 2. The number of imidazole rings is 1. The highest BCUT2D eigenvalue weighted by Crippen LogP contribution is 2.22. The monoisotopic (exact) mass is 365 g/mol. The first kappa shape index (κ1) is 18.1. The molecule has 2 N–H and O–H groups in total. The van der Waals surface area contributed by atoms with Gasteiger partial charge in [-0.05, 0) is 19.1 Å². The second-order valence-corrected chi connectivity index (χ2v) is 6.16. The summed E-state index contributed by atoms with van der Waals surface area (Å²) < 4.78 is 1.87. The number of hydrazine groups is 1. The van der Waals surface area contributed by atoms with Crippen LogP contribution < -0.4 is 10.9 Å². The molecule has 3 rings (SSSR count). The van der Waals surface area contributed by atoms with Crippen molar-refractivity contribution in [2.75, 3.05) is 0 Å². The van der Waals surface area contributed by atoms with Crippen LogP contribution in [0.4, 0.5) is 5.69 Å². The fraction of sp³-hybridized carbons (Fsp3) is 0.158. The molecule has 27 heavy (non-hydrogen) atoms. The van der Waals surface area contributed by atoms with E-state index < -0.39 is 4.92 Å². The van der Waals surface area contributed by atoms with Gasteiger partial charge in [-0.2, -0.15) is 0 Å². The topological polar surface area (TPSA) is 102 Å². The number of fused-ring (bicyclic) bond motifs is 1. The van der Waals surface area contributed by atoms with Gasteiger partial charge in [0.2, 0.25) is 5.91 Å². The van der Waals surface area contributed by atoms with Crippen LogP contribution in [0.1, 0.15) is 17.0 Å². The smallest absolute Gasteiger partial charge is 0.272 e. The summed E-state index contributed by atoms with van der Waals surface area (Å²) in [5, 5.41) is 11.0. The lowest BCUT2D eigenvalue weighted by Gasteiger charge is -2.11. The minimum atomic E-state index is -0.448. The van der Waals surface area contributed by atoms with Crippen molar-refractivity contribution in [2.24, 2.45) is 7.05 Å². The molecule has 1 amide bonds. The van der Waals surface area contributed by atoms with Gasteiger partial charge in [0.15, 0.2) is 0 Å². The summed E-state index contributed by atoms with van der Waals surface area (Å²) in [4.78, 5) is 27.3. The molecule has 2 aromatic carbocycles. The summed E-state index contributed by atoms with van der Waals surface area (Å²) in [6.45, 7) is 5.48. The Morgan fingerprint density at radius 2 is 2.00 bits per heavy atom. The Morgan fingerprint density at radius 3 is 2.70 bits per heavy atom. The van der Waals surface area contributed by atoms with Crippen LogP contribution in [0, 0.1) is 17.0 Å². The number of nitrogens with zero attached hydrogens (tertiary/aromatic N) is 3. The van der Waals surface area contributed by atoms with Gasteiger partial charge >= 0.3 is 0 Å². The number of aromatic nitrogens is 2. The molecule has 0 radical (unpaired) electrons. The number of rotatable bonds is 6. The first-order valence-corrected chi connectivity index (χ1v) is 8.26. The summed E-state index contributed by atoms with van der Waals surface area (Å²) in [5.74, 6) is 0.336. The van der Waals surface area contributed by atoms with E-state index in [1.54, 1.807) is 19.1 Å². The number of nitro benzene ring substituents is 1. The Hall–Kier alpha value is -3.68. The van der Waals surface area contributed by atoms with Crippen molar-refractivity contribution < 1.29 is 9.72 Å². The van der Waals surface area contributed by atoms with Gasteiger partial charge in [-0.15, -0.1) is 0 Å². The maximum Gasteiger partial charge on any atom is 0.272 e. The number of nitro groups is 1. The summed E-state index contributed by atoms with van der Waals surface area (Å²) in [7, 11) is 1.86. The van der Waals surface area contributed by atoms with Crippen molar-refractivity contribution in [2.45, 2.75) is 13.3 Å². The Bertz CT molecular complexity index is 1050. The molecule has 0 aliphatic rings. The Labute approximate surface area is 155 Å². The molecule has 0 unspecified atom stereocenters. The largest absolute Gasteiger partial charge is 0.331 e. The summed E-state index contributed by atoms with van der Waals surface area (Å²) >= 11 is 0. The van der Waals surface area contributed by atoms with Gasteiger partial charge < -0.3 is 4.57 Å². The third kappa shape index (κ3) is 3.79. The third-order valence-corrected chi connectivity index (χ3v) is 4.31. The minimum Gasteiger partial charge on any atom is -0.331 e. The molecule has 1 heterocycles. The normalized spacial score (nSPS) is 10.6. The summed E-state index contributed by atoms with van der Waals surface area (Å²) in [5.41, 5.74) is 8.47. The summed E-state index contributed by atoms with van der Waals surface area (Å²) in [6, 6.07) is 12.4. The lowest BCUT2D eigenvalue weighted by molar-refractivity contribution is -0.385. The first-order chi connectivity index (χ1) is 12.9. The molecule has 0 aliphatic carbocycles. The van der Waals surface area contributed by atoms with Gasteiger partial charge in [-0.25, -0.2) is 4.98 Å². The molecule has 0 bridgehead atoms. The highest BCUT2D eigenvalue weighted by molar-refractivity contribution is 5.81. The van der Waals surface area contributed by atoms with Crippen molar-refractivity contribution in [3.8, 4) is 0 Å². The lowest BCUT2D eigenvalue weighted by Crippen LogP contribution is -2.37. The molecular weight excluding hydrogens is 346 g/mol. The van der Waals surface area contributed by atoms with E-state index in [1.807, 2.05) is 35.9 Å². The number of benzene rings is 2. The predicted molar refractivity (Wildman–Crippen MR) is 103 cm³/mol.